The largest absolute Gasteiger partial charge is 0.338 e. The summed E-state index contributed by atoms with van der Waals surface area (Å²) in [6, 6.07) is 8.38. The molecule has 0 spiro atoms. The number of nitrogens with two attached hydrogens (primary N) is 1. The Morgan fingerprint density at radius 3 is 2.58 bits per heavy atom. The highest BCUT2D eigenvalue weighted by molar-refractivity contribution is 5.85. The van der Waals surface area contributed by atoms with Crippen molar-refractivity contribution in [2.45, 2.75) is 39.7 Å². The lowest BCUT2D eigenvalue weighted by atomic mass is 9.90. The Morgan fingerprint density at radius 2 is 2.00 bits per heavy atom. The molecule has 0 saturated carbocycles. The van der Waals surface area contributed by atoms with Crippen molar-refractivity contribution in [3.05, 3.63) is 35.7 Å². The van der Waals surface area contributed by atoms with Crippen molar-refractivity contribution in [3.8, 4) is 11.4 Å². The van der Waals surface area contributed by atoms with Crippen molar-refractivity contribution >= 4 is 12.4 Å². The van der Waals surface area contributed by atoms with E-state index < -0.39 is 0 Å². The zero-order valence-corrected chi connectivity index (χ0v) is 15.5. The summed E-state index contributed by atoms with van der Waals surface area (Å²) in [6.45, 7) is 10.1. The topological polar surface area (TPSA) is 68.2 Å². The lowest BCUT2D eigenvalue weighted by Gasteiger charge is -2.21. The third-order valence-electron chi connectivity index (χ3n) is 4.79. The molecule has 0 aliphatic carbocycles. The van der Waals surface area contributed by atoms with Crippen LogP contribution < -0.4 is 5.73 Å². The quantitative estimate of drug-likeness (QED) is 0.894. The van der Waals surface area contributed by atoms with Gasteiger partial charge in [-0.1, -0.05) is 50.2 Å². The SMILES string of the molecule is CC(C)c1ccc(-c2noc(CN3CCC(C)(CN)C3)n2)cc1.Cl. The molecular weight excluding hydrogens is 324 g/mol. The van der Waals surface area contributed by atoms with Crippen LogP contribution in [0.25, 0.3) is 11.4 Å². The summed E-state index contributed by atoms with van der Waals surface area (Å²) >= 11 is 0. The molecule has 6 heteroatoms. The smallest absolute Gasteiger partial charge is 0.241 e. The Hall–Kier alpha value is -1.43. The molecule has 0 amide bonds. The van der Waals surface area contributed by atoms with E-state index in [1.165, 1.54) is 5.56 Å². The normalized spacial score (nSPS) is 21.2. The van der Waals surface area contributed by atoms with Crippen LogP contribution in [0.5, 0.6) is 0 Å². The second-order valence-electron chi connectivity index (χ2n) is 7.26. The fraction of sp³-hybridized carbons (Fsp3) is 0.556. The van der Waals surface area contributed by atoms with Crippen LogP contribution in [-0.2, 0) is 6.54 Å². The maximum atomic E-state index is 5.86. The van der Waals surface area contributed by atoms with E-state index in [4.69, 9.17) is 10.3 Å². The second kappa shape index (κ2) is 7.64. The molecule has 1 aliphatic heterocycles. The van der Waals surface area contributed by atoms with Crippen molar-refractivity contribution in [3.63, 3.8) is 0 Å². The number of halogens is 1. The number of benzene rings is 1. The molecule has 1 unspecified atom stereocenters. The Morgan fingerprint density at radius 1 is 1.29 bits per heavy atom. The van der Waals surface area contributed by atoms with Crippen LogP contribution in [0.15, 0.2) is 28.8 Å². The number of aromatic nitrogens is 2. The standard InChI is InChI=1S/C18H26N4O.ClH/c1-13(2)14-4-6-15(7-5-14)17-20-16(23-21-17)10-22-9-8-18(3,11-19)12-22;/h4-7,13H,8-12,19H2,1-3H3;1H. The monoisotopic (exact) mass is 350 g/mol. The van der Waals surface area contributed by atoms with Gasteiger partial charge in [-0.05, 0) is 36.4 Å². The summed E-state index contributed by atoms with van der Waals surface area (Å²) < 4.78 is 5.43. The minimum absolute atomic E-state index is 0. The molecule has 1 saturated heterocycles. The van der Waals surface area contributed by atoms with Gasteiger partial charge < -0.3 is 10.3 Å². The van der Waals surface area contributed by atoms with E-state index in [2.05, 4.69) is 60.1 Å². The number of likely N-dealkylation sites (tertiary alicyclic amines) is 1. The third kappa shape index (κ3) is 4.15. The van der Waals surface area contributed by atoms with E-state index >= 15 is 0 Å². The van der Waals surface area contributed by atoms with Crippen molar-refractivity contribution in [2.24, 2.45) is 11.1 Å². The molecule has 2 N–H and O–H groups in total. The fourth-order valence-corrected chi connectivity index (χ4v) is 3.07. The molecule has 3 rings (SSSR count). The maximum absolute atomic E-state index is 5.86. The predicted molar refractivity (Wildman–Crippen MR) is 98.1 cm³/mol. The average Bonchev–Trinajstić information content (AvgIpc) is 3.15. The zero-order valence-electron chi connectivity index (χ0n) is 14.7. The van der Waals surface area contributed by atoms with E-state index in [1.807, 2.05) is 0 Å². The molecule has 1 aromatic carbocycles. The van der Waals surface area contributed by atoms with Gasteiger partial charge in [-0.15, -0.1) is 12.4 Å². The van der Waals surface area contributed by atoms with Gasteiger partial charge >= 0.3 is 0 Å². The lowest BCUT2D eigenvalue weighted by molar-refractivity contribution is 0.239. The lowest BCUT2D eigenvalue weighted by Crippen LogP contribution is -2.31. The molecule has 24 heavy (non-hydrogen) atoms. The first-order valence-electron chi connectivity index (χ1n) is 8.34. The Kier molecular flexibility index (Phi) is 6.01. The molecule has 5 nitrogen and oxygen atoms in total. The minimum Gasteiger partial charge on any atom is -0.338 e. The molecule has 0 bridgehead atoms. The van der Waals surface area contributed by atoms with Crippen molar-refractivity contribution in [1.82, 2.24) is 15.0 Å². The number of hydrogen-bond donors (Lipinski definition) is 1. The highest BCUT2D eigenvalue weighted by Gasteiger charge is 2.33. The summed E-state index contributed by atoms with van der Waals surface area (Å²) in [6.07, 6.45) is 1.13. The van der Waals surface area contributed by atoms with Gasteiger partial charge in [0.05, 0.1) is 6.54 Å². The summed E-state index contributed by atoms with van der Waals surface area (Å²) in [4.78, 5) is 6.88. The summed E-state index contributed by atoms with van der Waals surface area (Å²) in [5, 5.41) is 4.12. The van der Waals surface area contributed by atoms with Crippen molar-refractivity contribution in [1.29, 1.82) is 0 Å². The highest BCUT2D eigenvalue weighted by atomic mass is 35.5. The first kappa shape index (κ1) is 18.9. The van der Waals surface area contributed by atoms with Crippen LogP contribution in [0.2, 0.25) is 0 Å². The van der Waals surface area contributed by atoms with Gasteiger partial charge in [0.2, 0.25) is 11.7 Å². The Labute approximate surface area is 150 Å². The summed E-state index contributed by atoms with van der Waals surface area (Å²) in [7, 11) is 0. The van der Waals surface area contributed by atoms with Crippen molar-refractivity contribution < 1.29 is 4.52 Å². The summed E-state index contributed by atoms with van der Waals surface area (Å²) in [5.41, 5.74) is 8.39. The molecule has 1 fully saturated rings. The molecule has 132 valence electrons. The molecule has 1 atom stereocenters. The predicted octanol–water partition coefficient (Wildman–Crippen LogP) is 3.45. The Balaban J connectivity index is 0.00000208. The highest BCUT2D eigenvalue weighted by Crippen LogP contribution is 2.29. The van der Waals surface area contributed by atoms with E-state index in [-0.39, 0.29) is 17.8 Å². The second-order valence-corrected chi connectivity index (χ2v) is 7.26. The molecule has 2 aromatic rings. The number of hydrogen-bond acceptors (Lipinski definition) is 5. The van der Waals surface area contributed by atoms with Crippen LogP contribution in [0, 0.1) is 5.41 Å². The van der Waals surface area contributed by atoms with Crippen LogP contribution in [0.1, 0.15) is 44.6 Å². The molecule has 0 radical (unpaired) electrons. The van der Waals surface area contributed by atoms with E-state index in [1.54, 1.807) is 0 Å². The molecule has 1 aromatic heterocycles. The average molecular weight is 351 g/mol. The number of nitrogens with zero attached hydrogens (tertiary/aromatic N) is 3. The van der Waals surface area contributed by atoms with Crippen LogP contribution in [0.4, 0.5) is 0 Å². The first-order chi connectivity index (χ1) is 11.0. The summed E-state index contributed by atoms with van der Waals surface area (Å²) in [5.74, 6) is 1.86. The van der Waals surface area contributed by atoms with E-state index in [0.29, 0.717) is 24.2 Å². The van der Waals surface area contributed by atoms with Crippen molar-refractivity contribution in [2.75, 3.05) is 19.6 Å². The van der Waals surface area contributed by atoms with E-state index in [0.717, 1.165) is 31.6 Å². The van der Waals surface area contributed by atoms with Crippen LogP contribution in [0.3, 0.4) is 0 Å². The van der Waals surface area contributed by atoms with Gasteiger partial charge in [0.1, 0.15) is 0 Å². The van der Waals surface area contributed by atoms with Gasteiger partial charge in [-0.3, -0.25) is 4.90 Å². The molecule has 1 aliphatic rings. The third-order valence-corrected chi connectivity index (χ3v) is 4.79. The maximum Gasteiger partial charge on any atom is 0.241 e. The van der Waals surface area contributed by atoms with Gasteiger partial charge in [-0.25, -0.2) is 0 Å². The van der Waals surface area contributed by atoms with Gasteiger partial charge in [-0.2, -0.15) is 4.98 Å². The molecular formula is C18H27ClN4O. The van der Waals surface area contributed by atoms with Gasteiger partial charge in [0.15, 0.2) is 0 Å². The number of rotatable bonds is 5. The Bertz CT molecular complexity index is 655. The van der Waals surface area contributed by atoms with Crippen LogP contribution in [-0.4, -0.2) is 34.7 Å². The van der Waals surface area contributed by atoms with Crippen LogP contribution >= 0.6 is 12.4 Å². The van der Waals surface area contributed by atoms with E-state index in [9.17, 15) is 0 Å². The fourth-order valence-electron chi connectivity index (χ4n) is 3.07. The van der Waals surface area contributed by atoms with Gasteiger partial charge in [0.25, 0.3) is 0 Å². The zero-order chi connectivity index (χ0) is 16.4. The first-order valence-corrected chi connectivity index (χ1v) is 8.34. The molecule has 2 heterocycles. The minimum atomic E-state index is 0. The van der Waals surface area contributed by atoms with Gasteiger partial charge in [0, 0.05) is 12.1 Å².